The number of alkyl halides is 2. The van der Waals surface area contributed by atoms with Gasteiger partial charge in [-0.3, -0.25) is 0 Å². The van der Waals surface area contributed by atoms with E-state index in [1.807, 2.05) is 13.1 Å². The lowest BCUT2D eigenvalue weighted by molar-refractivity contribution is -0.0499. The van der Waals surface area contributed by atoms with E-state index in [2.05, 4.69) is 9.64 Å². The summed E-state index contributed by atoms with van der Waals surface area (Å²) in [6.45, 7) is -0.929. The maximum Gasteiger partial charge on any atom is 0.387 e. The highest BCUT2D eigenvalue weighted by Gasteiger charge is 2.14. The normalized spacial score (nSPS) is 16.5. The summed E-state index contributed by atoms with van der Waals surface area (Å²) in [6, 6.07) is 5.19. The van der Waals surface area contributed by atoms with E-state index in [0.717, 1.165) is 25.1 Å². The quantitative estimate of drug-likeness (QED) is 0.747. The molecule has 0 aromatic heterocycles. The molecule has 1 heterocycles. The fraction of sp³-hybridized carbons (Fsp3) is 0.455. The molecule has 1 aromatic rings. The predicted molar refractivity (Wildman–Crippen MR) is 53.1 cm³/mol. The van der Waals surface area contributed by atoms with E-state index in [0.29, 0.717) is 0 Å². The lowest BCUT2D eigenvalue weighted by Gasteiger charge is -2.25. The van der Waals surface area contributed by atoms with Gasteiger partial charge in [0.05, 0.1) is 0 Å². The zero-order valence-corrected chi connectivity index (χ0v) is 8.54. The molecule has 0 fully saturated rings. The van der Waals surface area contributed by atoms with Gasteiger partial charge < -0.3 is 9.64 Å². The maximum absolute atomic E-state index is 12.0. The molecule has 82 valence electrons. The molecule has 0 saturated carbocycles. The summed E-state index contributed by atoms with van der Waals surface area (Å²) >= 11 is 0. The van der Waals surface area contributed by atoms with Crippen LogP contribution >= 0.6 is 0 Å². The van der Waals surface area contributed by atoms with E-state index >= 15 is 0 Å². The van der Waals surface area contributed by atoms with Gasteiger partial charge in [-0.05, 0) is 36.7 Å². The zero-order chi connectivity index (χ0) is 10.8. The molecule has 0 atom stereocenters. The van der Waals surface area contributed by atoms with E-state index in [4.69, 9.17) is 0 Å². The van der Waals surface area contributed by atoms with Crippen molar-refractivity contribution in [1.29, 1.82) is 0 Å². The van der Waals surface area contributed by atoms with Crippen LogP contribution in [0.5, 0.6) is 5.75 Å². The smallest absolute Gasteiger partial charge is 0.387 e. The standard InChI is InChI=1S/C11H13F2NO/c1-14-5-4-8-2-3-10(15-11(12)13)6-9(8)7-14/h2-3,6,11H,4-5,7H2,1H3. The van der Waals surface area contributed by atoms with Crippen LogP contribution in [0.2, 0.25) is 0 Å². The van der Waals surface area contributed by atoms with E-state index < -0.39 is 6.61 Å². The van der Waals surface area contributed by atoms with Crippen molar-refractivity contribution in [2.45, 2.75) is 19.6 Å². The molecule has 0 N–H and O–H groups in total. The first kappa shape index (κ1) is 10.4. The van der Waals surface area contributed by atoms with Crippen molar-refractivity contribution in [2.24, 2.45) is 0 Å². The molecule has 15 heavy (non-hydrogen) atoms. The largest absolute Gasteiger partial charge is 0.435 e. The zero-order valence-electron chi connectivity index (χ0n) is 8.54. The summed E-state index contributed by atoms with van der Waals surface area (Å²) in [7, 11) is 2.02. The van der Waals surface area contributed by atoms with Gasteiger partial charge in [0.15, 0.2) is 0 Å². The van der Waals surface area contributed by atoms with E-state index in [-0.39, 0.29) is 5.75 Å². The minimum absolute atomic E-state index is 0.249. The first-order chi connectivity index (χ1) is 7.15. The summed E-state index contributed by atoms with van der Waals surface area (Å²) < 4.78 is 28.4. The highest BCUT2D eigenvalue weighted by molar-refractivity contribution is 5.37. The Morgan fingerprint density at radius 2 is 2.13 bits per heavy atom. The fourth-order valence-corrected chi connectivity index (χ4v) is 1.85. The number of nitrogens with zero attached hydrogens (tertiary/aromatic N) is 1. The minimum atomic E-state index is -2.75. The van der Waals surface area contributed by atoms with Gasteiger partial charge >= 0.3 is 6.61 Å². The summed E-state index contributed by atoms with van der Waals surface area (Å²) in [5.41, 5.74) is 2.32. The van der Waals surface area contributed by atoms with Gasteiger partial charge in [0.25, 0.3) is 0 Å². The first-order valence-corrected chi connectivity index (χ1v) is 4.90. The van der Waals surface area contributed by atoms with Gasteiger partial charge in [-0.2, -0.15) is 8.78 Å². The van der Waals surface area contributed by atoms with Crippen LogP contribution in [0.15, 0.2) is 18.2 Å². The second-order valence-electron chi connectivity index (χ2n) is 3.80. The number of hydrogen-bond acceptors (Lipinski definition) is 2. The van der Waals surface area contributed by atoms with Gasteiger partial charge in [0.2, 0.25) is 0 Å². The number of hydrogen-bond donors (Lipinski definition) is 0. The molecule has 1 aromatic carbocycles. The molecule has 0 amide bonds. The minimum Gasteiger partial charge on any atom is -0.435 e. The Bertz CT molecular complexity index is 354. The third-order valence-corrected chi connectivity index (χ3v) is 2.61. The molecular weight excluding hydrogens is 200 g/mol. The number of ether oxygens (including phenoxy) is 1. The Kier molecular flexibility index (Phi) is 2.86. The van der Waals surface area contributed by atoms with Gasteiger partial charge in [0.1, 0.15) is 5.75 Å². The molecule has 1 aliphatic rings. The highest BCUT2D eigenvalue weighted by Crippen LogP contribution is 2.24. The van der Waals surface area contributed by atoms with Gasteiger partial charge in [-0.1, -0.05) is 6.07 Å². The number of benzene rings is 1. The molecule has 0 bridgehead atoms. The van der Waals surface area contributed by atoms with Gasteiger partial charge in [-0.25, -0.2) is 0 Å². The molecular formula is C11H13F2NO. The first-order valence-electron chi connectivity index (χ1n) is 4.90. The molecule has 0 aliphatic carbocycles. The SMILES string of the molecule is CN1CCc2ccc(OC(F)F)cc2C1. The van der Waals surface area contributed by atoms with Crippen LogP contribution in [-0.2, 0) is 13.0 Å². The molecule has 0 radical (unpaired) electrons. The Morgan fingerprint density at radius 3 is 2.87 bits per heavy atom. The number of likely N-dealkylation sites (N-methyl/N-ethyl adjacent to an activating group) is 1. The summed E-state index contributed by atoms with van der Waals surface area (Å²) in [6.07, 6.45) is 0.973. The second-order valence-corrected chi connectivity index (χ2v) is 3.80. The van der Waals surface area contributed by atoms with Crippen molar-refractivity contribution in [1.82, 2.24) is 4.90 Å². The molecule has 1 aliphatic heterocycles. The summed E-state index contributed by atoms with van der Waals surface area (Å²) in [5.74, 6) is 0.249. The highest BCUT2D eigenvalue weighted by atomic mass is 19.3. The number of rotatable bonds is 2. The van der Waals surface area contributed by atoms with Crippen molar-refractivity contribution in [3.63, 3.8) is 0 Å². The van der Waals surface area contributed by atoms with Crippen molar-refractivity contribution in [3.8, 4) is 5.75 Å². The van der Waals surface area contributed by atoms with Gasteiger partial charge in [0, 0.05) is 13.1 Å². The van der Waals surface area contributed by atoms with Crippen molar-refractivity contribution in [3.05, 3.63) is 29.3 Å². The number of halogens is 2. The molecule has 0 unspecified atom stereocenters. The van der Waals surface area contributed by atoms with Crippen LogP contribution < -0.4 is 4.74 Å². The molecule has 2 rings (SSSR count). The summed E-state index contributed by atoms with van der Waals surface area (Å²) in [4.78, 5) is 2.16. The average Bonchev–Trinajstić information content (AvgIpc) is 2.16. The Morgan fingerprint density at radius 1 is 1.33 bits per heavy atom. The molecule has 2 nitrogen and oxygen atoms in total. The topological polar surface area (TPSA) is 12.5 Å². The second kappa shape index (κ2) is 4.14. The lowest BCUT2D eigenvalue weighted by atomic mass is 10.00. The van der Waals surface area contributed by atoms with Crippen LogP contribution in [0.25, 0.3) is 0 Å². The average molecular weight is 213 g/mol. The van der Waals surface area contributed by atoms with Crippen LogP contribution in [0.3, 0.4) is 0 Å². The van der Waals surface area contributed by atoms with E-state index in [1.54, 1.807) is 12.1 Å². The third-order valence-electron chi connectivity index (χ3n) is 2.61. The van der Waals surface area contributed by atoms with Crippen molar-refractivity contribution < 1.29 is 13.5 Å². The lowest BCUT2D eigenvalue weighted by Crippen LogP contribution is -2.26. The van der Waals surface area contributed by atoms with Crippen molar-refractivity contribution in [2.75, 3.05) is 13.6 Å². The van der Waals surface area contributed by atoms with E-state index in [1.165, 1.54) is 5.56 Å². The van der Waals surface area contributed by atoms with Gasteiger partial charge in [-0.15, -0.1) is 0 Å². The van der Waals surface area contributed by atoms with Crippen LogP contribution in [0.4, 0.5) is 8.78 Å². The molecule has 4 heteroatoms. The van der Waals surface area contributed by atoms with E-state index in [9.17, 15) is 8.78 Å². The Labute approximate surface area is 87.5 Å². The predicted octanol–water partition coefficient (Wildman–Crippen LogP) is 2.28. The fourth-order valence-electron chi connectivity index (χ4n) is 1.85. The summed E-state index contributed by atoms with van der Waals surface area (Å²) in [5, 5.41) is 0. The molecule has 0 saturated heterocycles. The Balaban J connectivity index is 2.20. The Hall–Kier alpha value is -1.16. The van der Waals surface area contributed by atoms with Crippen molar-refractivity contribution >= 4 is 0 Å². The third kappa shape index (κ3) is 2.45. The monoisotopic (exact) mass is 213 g/mol. The van der Waals surface area contributed by atoms with Crippen LogP contribution in [-0.4, -0.2) is 25.1 Å². The van der Waals surface area contributed by atoms with Crippen LogP contribution in [0.1, 0.15) is 11.1 Å². The number of fused-ring (bicyclic) bond motifs is 1. The van der Waals surface area contributed by atoms with Crippen LogP contribution in [0, 0.1) is 0 Å². The molecule has 0 spiro atoms. The maximum atomic E-state index is 12.0.